The van der Waals surface area contributed by atoms with Crippen LogP contribution in [0.2, 0.25) is 5.02 Å². The summed E-state index contributed by atoms with van der Waals surface area (Å²) >= 11 is 6.11. The van der Waals surface area contributed by atoms with E-state index in [-0.39, 0.29) is 6.04 Å². The van der Waals surface area contributed by atoms with E-state index in [9.17, 15) is 0 Å². The lowest BCUT2D eigenvalue weighted by Crippen LogP contribution is -2.17. The molecule has 1 heterocycles. The van der Waals surface area contributed by atoms with Crippen molar-refractivity contribution < 1.29 is 4.74 Å². The van der Waals surface area contributed by atoms with Crippen LogP contribution in [-0.4, -0.2) is 11.7 Å². The fourth-order valence-corrected chi connectivity index (χ4v) is 3.28. The summed E-state index contributed by atoms with van der Waals surface area (Å²) in [4.78, 5) is 0. The second-order valence-corrected chi connectivity index (χ2v) is 5.75. The Bertz CT molecular complexity index is 648. The van der Waals surface area contributed by atoms with Crippen molar-refractivity contribution in [2.45, 2.75) is 32.2 Å². The number of ether oxygens (including phenoxy) is 1. The van der Waals surface area contributed by atoms with E-state index in [2.05, 4.69) is 17.6 Å². The quantitative estimate of drug-likeness (QED) is 0.914. The van der Waals surface area contributed by atoms with E-state index in [1.807, 2.05) is 18.2 Å². The maximum atomic E-state index is 6.23. The lowest BCUT2D eigenvalue weighted by atomic mass is 9.93. The summed E-state index contributed by atoms with van der Waals surface area (Å²) in [5.41, 5.74) is 11.1. The number of hydrogen-bond acceptors (Lipinski definition) is 2. The SMILES string of the molecule is COc1cc(-n2c(C)cc3c2CCCC3N)ccc1Cl. The first-order valence-corrected chi connectivity index (χ1v) is 7.30. The number of aryl methyl sites for hydroxylation is 1. The highest BCUT2D eigenvalue weighted by atomic mass is 35.5. The second-order valence-electron chi connectivity index (χ2n) is 5.34. The molecule has 3 rings (SSSR count). The first-order valence-electron chi connectivity index (χ1n) is 6.92. The van der Waals surface area contributed by atoms with Gasteiger partial charge in [-0.3, -0.25) is 0 Å². The zero-order valence-corrected chi connectivity index (χ0v) is 12.6. The summed E-state index contributed by atoms with van der Waals surface area (Å²) < 4.78 is 7.59. The normalized spacial score (nSPS) is 17.9. The lowest BCUT2D eigenvalue weighted by Gasteiger charge is -2.21. The first kappa shape index (κ1) is 13.5. The van der Waals surface area contributed by atoms with Crippen LogP contribution >= 0.6 is 11.6 Å². The van der Waals surface area contributed by atoms with Gasteiger partial charge in [0.1, 0.15) is 5.75 Å². The van der Waals surface area contributed by atoms with E-state index in [0.717, 1.165) is 24.9 Å². The first-order chi connectivity index (χ1) is 9.61. The van der Waals surface area contributed by atoms with E-state index in [1.165, 1.54) is 17.0 Å². The van der Waals surface area contributed by atoms with Gasteiger partial charge in [0, 0.05) is 29.2 Å². The Balaban J connectivity index is 2.15. The van der Waals surface area contributed by atoms with E-state index >= 15 is 0 Å². The second kappa shape index (κ2) is 5.15. The zero-order chi connectivity index (χ0) is 14.3. The molecule has 3 nitrogen and oxygen atoms in total. The monoisotopic (exact) mass is 290 g/mol. The minimum atomic E-state index is 0.160. The van der Waals surface area contributed by atoms with Crippen LogP contribution in [0.15, 0.2) is 24.3 Å². The molecule has 0 spiro atoms. The molecule has 0 bridgehead atoms. The summed E-state index contributed by atoms with van der Waals surface area (Å²) in [6.45, 7) is 2.12. The molecule has 2 aromatic rings. The summed E-state index contributed by atoms with van der Waals surface area (Å²) in [7, 11) is 1.64. The number of methoxy groups -OCH3 is 1. The largest absolute Gasteiger partial charge is 0.495 e. The molecule has 1 aromatic carbocycles. The average Bonchev–Trinajstić information content (AvgIpc) is 2.77. The van der Waals surface area contributed by atoms with Gasteiger partial charge in [-0.05, 0) is 49.9 Å². The third kappa shape index (κ3) is 2.11. The van der Waals surface area contributed by atoms with Gasteiger partial charge in [-0.15, -0.1) is 0 Å². The summed E-state index contributed by atoms with van der Waals surface area (Å²) in [5, 5.41) is 0.631. The number of aromatic nitrogens is 1. The number of nitrogens with two attached hydrogens (primary N) is 1. The van der Waals surface area contributed by atoms with E-state index < -0.39 is 0 Å². The van der Waals surface area contributed by atoms with Crippen LogP contribution in [0.25, 0.3) is 5.69 Å². The van der Waals surface area contributed by atoms with Crippen molar-refractivity contribution in [1.82, 2.24) is 4.57 Å². The van der Waals surface area contributed by atoms with E-state index in [1.54, 1.807) is 7.11 Å². The van der Waals surface area contributed by atoms with Gasteiger partial charge in [-0.25, -0.2) is 0 Å². The van der Waals surface area contributed by atoms with Crippen LogP contribution in [0, 0.1) is 6.92 Å². The van der Waals surface area contributed by atoms with Crippen molar-refractivity contribution in [2.24, 2.45) is 5.73 Å². The Morgan fingerprint density at radius 1 is 1.35 bits per heavy atom. The van der Waals surface area contributed by atoms with Gasteiger partial charge in [-0.2, -0.15) is 0 Å². The summed E-state index contributed by atoms with van der Waals surface area (Å²) in [6, 6.07) is 8.26. The summed E-state index contributed by atoms with van der Waals surface area (Å²) in [6.07, 6.45) is 3.28. The number of nitrogens with zero attached hydrogens (tertiary/aromatic N) is 1. The van der Waals surface area contributed by atoms with Crippen molar-refractivity contribution in [3.8, 4) is 11.4 Å². The highest BCUT2D eigenvalue weighted by Crippen LogP contribution is 2.34. The van der Waals surface area contributed by atoms with Crippen LogP contribution in [-0.2, 0) is 6.42 Å². The van der Waals surface area contributed by atoms with Gasteiger partial charge in [0.2, 0.25) is 0 Å². The van der Waals surface area contributed by atoms with E-state index in [4.69, 9.17) is 22.1 Å². The Hall–Kier alpha value is -1.45. The lowest BCUT2D eigenvalue weighted by molar-refractivity contribution is 0.415. The number of rotatable bonds is 2. The Labute approximate surface area is 124 Å². The Kier molecular flexibility index (Phi) is 3.48. The molecule has 0 aliphatic heterocycles. The van der Waals surface area contributed by atoms with Crippen molar-refractivity contribution in [3.63, 3.8) is 0 Å². The molecule has 1 aliphatic carbocycles. The number of hydrogen-bond donors (Lipinski definition) is 1. The van der Waals surface area contributed by atoms with Crippen LogP contribution in [0.5, 0.6) is 5.75 Å². The average molecular weight is 291 g/mol. The molecule has 0 fully saturated rings. The van der Waals surface area contributed by atoms with Crippen molar-refractivity contribution in [3.05, 3.63) is 46.2 Å². The molecule has 1 atom stereocenters. The molecule has 20 heavy (non-hydrogen) atoms. The molecule has 0 saturated carbocycles. The van der Waals surface area contributed by atoms with Crippen molar-refractivity contribution >= 4 is 11.6 Å². The fraction of sp³-hybridized carbons (Fsp3) is 0.375. The van der Waals surface area contributed by atoms with E-state index in [0.29, 0.717) is 10.8 Å². The molecular weight excluding hydrogens is 272 g/mol. The Morgan fingerprint density at radius 2 is 2.15 bits per heavy atom. The predicted octanol–water partition coefficient (Wildman–Crippen LogP) is 3.78. The highest BCUT2D eigenvalue weighted by Gasteiger charge is 2.23. The van der Waals surface area contributed by atoms with Crippen LogP contribution in [0.4, 0.5) is 0 Å². The summed E-state index contributed by atoms with van der Waals surface area (Å²) in [5.74, 6) is 0.700. The fourth-order valence-electron chi connectivity index (χ4n) is 3.08. The van der Waals surface area contributed by atoms with Gasteiger partial charge in [0.05, 0.1) is 12.1 Å². The molecule has 1 unspecified atom stereocenters. The number of halogens is 1. The molecule has 2 N–H and O–H groups in total. The smallest absolute Gasteiger partial charge is 0.139 e. The molecule has 0 amide bonds. The van der Waals surface area contributed by atoms with Gasteiger partial charge in [0.15, 0.2) is 0 Å². The Morgan fingerprint density at radius 3 is 2.90 bits per heavy atom. The molecule has 0 saturated heterocycles. The minimum Gasteiger partial charge on any atom is -0.495 e. The van der Waals surface area contributed by atoms with Crippen LogP contribution in [0.3, 0.4) is 0 Å². The molecular formula is C16H19ClN2O. The van der Waals surface area contributed by atoms with Gasteiger partial charge in [0.25, 0.3) is 0 Å². The molecule has 0 radical (unpaired) electrons. The van der Waals surface area contributed by atoms with Crippen LogP contribution < -0.4 is 10.5 Å². The number of benzene rings is 1. The molecule has 106 valence electrons. The van der Waals surface area contributed by atoms with Gasteiger partial charge < -0.3 is 15.0 Å². The van der Waals surface area contributed by atoms with Gasteiger partial charge in [-0.1, -0.05) is 11.6 Å². The third-order valence-electron chi connectivity index (χ3n) is 4.04. The molecule has 4 heteroatoms. The van der Waals surface area contributed by atoms with Crippen LogP contribution in [0.1, 0.15) is 35.8 Å². The molecule has 1 aromatic heterocycles. The minimum absolute atomic E-state index is 0.160. The number of fused-ring (bicyclic) bond motifs is 1. The maximum Gasteiger partial charge on any atom is 0.139 e. The highest BCUT2D eigenvalue weighted by molar-refractivity contribution is 6.32. The topological polar surface area (TPSA) is 40.2 Å². The van der Waals surface area contributed by atoms with Gasteiger partial charge >= 0.3 is 0 Å². The van der Waals surface area contributed by atoms with Crippen molar-refractivity contribution in [2.75, 3.05) is 7.11 Å². The zero-order valence-electron chi connectivity index (χ0n) is 11.8. The standard InChI is InChI=1S/C16H19ClN2O/c1-10-8-12-14(18)4-3-5-15(12)19(10)11-6-7-13(17)16(9-11)20-2/h6-9,14H,3-5,18H2,1-2H3. The van der Waals surface area contributed by atoms with Crippen molar-refractivity contribution in [1.29, 1.82) is 0 Å². The third-order valence-corrected chi connectivity index (χ3v) is 4.35. The maximum absolute atomic E-state index is 6.23. The molecule has 1 aliphatic rings. The predicted molar refractivity (Wildman–Crippen MR) is 81.9 cm³/mol.